The molecule has 0 fully saturated rings. The molecule has 0 saturated carbocycles. The number of methoxy groups -OCH3 is 2. The van der Waals surface area contributed by atoms with E-state index in [1.165, 1.54) is 10.9 Å². The molecule has 0 saturated heterocycles. The summed E-state index contributed by atoms with van der Waals surface area (Å²) in [6.45, 7) is 0. The van der Waals surface area contributed by atoms with Crippen molar-refractivity contribution in [3.63, 3.8) is 0 Å². The van der Waals surface area contributed by atoms with Crippen LogP contribution in [0.3, 0.4) is 0 Å². The summed E-state index contributed by atoms with van der Waals surface area (Å²) in [5, 5.41) is 0. The predicted molar refractivity (Wildman–Crippen MR) is 37.6 cm³/mol. The first-order valence-corrected chi connectivity index (χ1v) is 5.07. The Balaban J connectivity index is 3.09. The van der Waals surface area contributed by atoms with Gasteiger partial charge in [-0.3, -0.25) is 0 Å². The molecule has 0 spiro atoms. The van der Waals surface area contributed by atoms with Crippen LogP contribution in [0.15, 0.2) is 0 Å². The van der Waals surface area contributed by atoms with E-state index >= 15 is 0 Å². The maximum atomic E-state index is 4.99. The van der Waals surface area contributed by atoms with Crippen LogP contribution in [0.5, 0.6) is 0 Å². The van der Waals surface area contributed by atoms with Crippen LogP contribution < -0.4 is 0 Å². The van der Waals surface area contributed by atoms with Gasteiger partial charge in [-0.25, -0.2) is 0 Å². The molecule has 0 bridgehead atoms. The van der Waals surface area contributed by atoms with Crippen LogP contribution in [0.4, 0.5) is 0 Å². The first kappa shape index (κ1) is 9.72. The second-order valence-corrected chi connectivity index (χ2v) is 3.22. The van der Waals surface area contributed by atoms with Crippen molar-refractivity contribution in [1.82, 2.24) is 0 Å². The molecule has 0 unspecified atom stereocenters. The molecule has 0 aromatic rings. The number of ether oxygens (including phenoxy) is 2. The van der Waals surface area contributed by atoms with Crippen molar-refractivity contribution < 1.29 is 9.47 Å². The fourth-order valence-electron chi connectivity index (χ4n) is 0.601. The van der Waals surface area contributed by atoms with Gasteiger partial charge in [0.05, 0.1) is 0 Å². The van der Waals surface area contributed by atoms with Gasteiger partial charge in [-0.15, -0.1) is 0 Å². The Hall–Kier alpha value is 0.719. The third kappa shape index (κ3) is 5.18. The van der Waals surface area contributed by atoms with Gasteiger partial charge in [-0.1, -0.05) is 0 Å². The minimum absolute atomic E-state index is 0.0190. The van der Waals surface area contributed by atoms with Crippen LogP contribution >= 0.6 is 0 Å². The van der Waals surface area contributed by atoms with Crippen molar-refractivity contribution >= 4 is 22.5 Å². The second-order valence-electron chi connectivity index (χ2n) is 1.79. The standard InChI is InChI=1S/C6H13O2.Sn/c1-4-5-6(7-2)8-3;/h6H,1,4-5H2,2-3H3;. The summed E-state index contributed by atoms with van der Waals surface area (Å²) in [4.78, 5) is 0. The Morgan fingerprint density at radius 1 is 1.33 bits per heavy atom. The van der Waals surface area contributed by atoms with E-state index < -0.39 is 0 Å². The van der Waals surface area contributed by atoms with Gasteiger partial charge in [0.1, 0.15) is 0 Å². The Morgan fingerprint density at radius 2 is 1.89 bits per heavy atom. The summed E-state index contributed by atoms with van der Waals surface area (Å²) >= 11 is 1.59. The van der Waals surface area contributed by atoms with Crippen LogP contribution in [-0.2, 0) is 9.47 Å². The molecule has 0 heterocycles. The van der Waals surface area contributed by atoms with E-state index in [-0.39, 0.29) is 6.29 Å². The quantitative estimate of drug-likeness (QED) is 0.523. The zero-order valence-corrected chi connectivity index (χ0v) is 8.87. The van der Waals surface area contributed by atoms with E-state index in [1.807, 2.05) is 0 Å². The fraction of sp³-hybridized carbons (Fsp3) is 1.00. The molecule has 0 aromatic heterocycles. The Labute approximate surface area is 70.0 Å². The molecular formula is C6H13O2Sn. The topological polar surface area (TPSA) is 18.5 Å². The molecule has 3 radical (unpaired) electrons. The van der Waals surface area contributed by atoms with Crippen molar-refractivity contribution in [2.75, 3.05) is 14.2 Å². The summed E-state index contributed by atoms with van der Waals surface area (Å²) in [6, 6.07) is 0. The Bertz CT molecular complexity index is 55.0. The van der Waals surface area contributed by atoms with Crippen molar-refractivity contribution in [1.29, 1.82) is 0 Å². The Morgan fingerprint density at radius 3 is 2.22 bits per heavy atom. The van der Waals surface area contributed by atoms with Gasteiger partial charge >= 0.3 is 69.8 Å². The SMILES string of the molecule is COC(CC[CH2][Sn])OC. The first-order valence-electron chi connectivity index (χ1n) is 3.05. The third-order valence-electron chi connectivity index (χ3n) is 1.14. The van der Waals surface area contributed by atoms with Gasteiger partial charge in [0, 0.05) is 0 Å². The molecule has 0 aliphatic heterocycles. The van der Waals surface area contributed by atoms with Gasteiger partial charge in [0.25, 0.3) is 0 Å². The monoisotopic (exact) mass is 237 g/mol. The molecule has 53 valence electrons. The first-order chi connectivity index (χ1) is 4.35. The number of hydrogen-bond acceptors (Lipinski definition) is 2. The van der Waals surface area contributed by atoms with Crippen molar-refractivity contribution in [2.45, 2.75) is 23.6 Å². The van der Waals surface area contributed by atoms with Gasteiger partial charge in [0.2, 0.25) is 0 Å². The van der Waals surface area contributed by atoms with Gasteiger partial charge < -0.3 is 0 Å². The van der Waals surface area contributed by atoms with E-state index in [4.69, 9.17) is 9.47 Å². The maximum absolute atomic E-state index is 4.99. The molecule has 0 aliphatic carbocycles. The Kier molecular flexibility index (Phi) is 7.38. The van der Waals surface area contributed by atoms with E-state index in [0.717, 1.165) is 6.42 Å². The van der Waals surface area contributed by atoms with Crippen LogP contribution in [-0.4, -0.2) is 43.0 Å². The molecule has 0 atom stereocenters. The van der Waals surface area contributed by atoms with Crippen LogP contribution in [0.2, 0.25) is 4.44 Å². The second kappa shape index (κ2) is 6.83. The minimum atomic E-state index is 0.0190. The summed E-state index contributed by atoms with van der Waals surface area (Å²) in [7, 11) is 3.36. The summed E-state index contributed by atoms with van der Waals surface area (Å²) in [6.07, 6.45) is 2.26. The zero-order valence-electron chi connectivity index (χ0n) is 6.02. The molecule has 0 aliphatic rings. The molecule has 0 rings (SSSR count). The van der Waals surface area contributed by atoms with Crippen molar-refractivity contribution in [3.05, 3.63) is 0 Å². The molecule has 0 N–H and O–H groups in total. The number of hydrogen-bond donors (Lipinski definition) is 0. The zero-order chi connectivity index (χ0) is 7.11. The van der Waals surface area contributed by atoms with E-state index in [1.54, 1.807) is 36.7 Å². The molecule has 9 heavy (non-hydrogen) atoms. The van der Waals surface area contributed by atoms with E-state index in [0.29, 0.717) is 0 Å². The van der Waals surface area contributed by atoms with Crippen LogP contribution in [0.1, 0.15) is 12.8 Å². The molecule has 0 amide bonds. The molecular weight excluding hydrogens is 223 g/mol. The fourth-order valence-corrected chi connectivity index (χ4v) is 1.18. The molecule has 2 nitrogen and oxygen atoms in total. The van der Waals surface area contributed by atoms with Gasteiger partial charge in [-0.05, 0) is 0 Å². The summed E-state index contributed by atoms with van der Waals surface area (Å²) in [5.41, 5.74) is 0. The van der Waals surface area contributed by atoms with E-state index in [2.05, 4.69) is 0 Å². The van der Waals surface area contributed by atoms with E-state index in [9.17, 15) is 0 Å². The average Bonchev–Trinajstić information content (AvgIpc) is 1.91. The average molecular weight is 236 g/mol. The predicted octanol–water partition coefficient (Wildman–Crippen LogP) is 0.972. The normalized spacial score (nSPS) is 10.7. The third-order valence-corrected chi connectivity index (χ3v) is 2.15. The molecule has 3 heteroatoms. The summed E-state index contributed by atoms with van der Waals surface area (Å²) in [5.74, 6) is 0. The number of rotatable bonds is 5. The summed E-state index contributed by atoms with van der Waals surface area (Å²) < 4.78 is 11.3. The van der Waals surface area contributed by atoms with Crippen LogP contribution in [0, 0.1) is 0 Å². The van der Waals surface area contributed by atoms with Gasteiger partial charge in [-0.2, -0.15) is 0 Å². The van der Waals surface area contributed by atoms with Crippen LogP contribution in [0.25, 0.3) is 0 Å². The van der Waals surface area contributed by atoms with Gasteiger partial charge in [0.15, 0.2) is 0 Å². The van der Waals surface area contributed by atoms with Crippen molar-refractivity contribution in [3.8, 4) is 0 Å². The van der Waals surface area contributed by atoms with Crippen molar-refractivity contribution in [2.24, 2.45) is 0 Å². The molecule has 0 aromatic carbocycles.